The maximum Gasteiger partial charge on any atom is 0.231 e. The van der Waals surface area contributed by atoms with Crippen LogP contribution in [0.25, 0.3) is 0 Å². The van der Waals surface area contributed by atoms with Gasteiger partial charge in [0.1, 0.15) is 0 Å². The molecule has 3 rings (SSSR count). The molecule has 1 unspecified atom stereocenters. The van der Waals surface area contributed by atoms with Crippen molar-refractivity contribution in [1.82, 2.24) is 5.32 Å². The van der Waals surface area contributed by atoms with E-state index in [1.165, 1.54) is 5.56 Å². The zero-order valence-corrected chi connectivity index (χ0v) is 12.7. The Morgan fingerprint density at radius 1 is 1.14 bits per heavy atom. The Labute approximate surface area is 129 Å². The fourth-order valence-electron chi connectivity index (χ4n) is 2.57. The standard InChI is InChI=1S/C17H18ClNO2/c1-2-19-15(9-12-5-3-4-6-14(12)18)13-7-8-16-17(10-13)21-11-20-16/h3-8,10,15,19H,2,9,11H2,1H3. The molecule has 0 bridgehead atoms. The van der Waals surface area contributed by atoms with E-state index >= 15 is 0 Å². The Morgan fingerprint density at radius 2 is 1.95 bits per heavy atom. The molecule has 0 radical (unpaired) electrons. The maximum atomic E-state index is 6.28. The van der Waals surface area contributed by atoms with Crippen molar-refractivity contribution in [1.29, 1.82) is 0 Å². The summed E-state index contributed by atoms with van der Waals surface area (Å²) in [7, 11) is 0. The fourth-order valence-corrected chi connectivity index (χ4v) is 2.78. The predicted octanol–water partition coefficient (Wildman–Crippen LogP) is 3.96. The van der Waals surface area contributed by atoms with Crippen molar-refractivity contribution in [2.45, 2.75) is 19.4 Å². The normalized spacial score (nSPS) is 14.2. The minimum atomic E-state index is 0.199. The zero-order valence-electron chi connectivity index (χ0n) is 11.9. The van der Waals surface area contributed by atoms with E-state index in [1.807, 2.05) is 30.3 Å². The summed E-state index contributed by atoms with van der Waals surface area (Å²) in [5, 5.41) is 4.32. The Bertz CT molecular complexity index is 630. The number of ether oxygens (including phenoxy) is 2. The molecule has 2 aromatic rings. The van der Waals surface area contributed by atoms with Crippen LogP contribution >= 0.6 is 11.6 Å². The van der Waals surface area contributed by atoms with Crippen molar-refractivity contribution in [3.63, 3.8) is 0 Å². The van der Waals surface area contributed by atoms with Crippen LogP contribution in [0, 0.1) is 0 Å². The van der Waals surface area contributed by atoms with Crippen LogP contribution in [0.3, 0.4) is 0 Å². The molecule has 0 aliphatic carbocycles. The number of rotatable bonds is 5. The molecule has 0 spiro atoms. The largest absolute Gasteiger partial charge is 0.454 e. The van der Waals surface area contributed by atoms with E-state index in [0.29, 0.717) is 6.79 Å². The first-order chi connectivity index (χ1) is 10.3. The minimum absolute atomic E-state index is 0.199. The molecule has 2 aromatic carbocycles. The Kier molecular flexibility index (Phi) is 4.32. The van der Waals surface area contributed by atoms with Crippen molar-refractivity contribution >= 4 is 11.6 Å². The Balaban J connectivity index is 1.86. The van der Waals surface area contributed by atoms with E-state index in [4.69, 9.17) is 21.1 Å². The molecule has 110 valence electrons. The van der Waals surface area contributed by atoms with E-state index in [0.717, 1.165) is 35.1 Å². The Hall–Kier alpha value is -1.71. The van der Waals surface area contributed by atoms with Crippen LogP contribution in [0.15, 0.2) is 42.5 Å². The SMILES string of the molecule is CCNC(Cc1ccccc1Cl)c1ccc2c(c1)OCO2. The van der Waals surface area contributed by atoms with Gasteiger partial charge in [-0.25, -0.2) is 0 Å². The third kappa shape index (κ3) is 3.14. The first-order valence-corrected chi connectivity index (χ1v) is 7.52. The summed E-state index contributed by atoms with van der Waals surface area (Å²) in [5.41, 5.74) is 2.32. The lowest BCUT2D eigenvalue weighted by Crippen LogP contribution is -2.23. The quantitative estimate of drug-likeness (QED) is 0.907. The highest BCUT2D eigenvalue weighted by molar-refractivity contribution is 6.31. The van der Waals surface area contributed by atoms with E-state index < -0.39 is 0 Å². The van der Waals surface area contributed by atoms with Crippen LogP contribution < -0.4 is 14.8 Å². The second kappa shape index (κ2) is 6.37. The zero-order chi connectivity index (χ0) is 14.7. The van der Waals surface area contributed by atoms with Gasteiger partial charge in [-0.1, -0.05) is 42.8 Å². The summed E-state index contributed by atoms with van der Waals surface area (Å²) in [6.45, 7) is 3.30. The number of fused-ring (bicyclic) bond motifs is 1. The molecule has 0 saturated carbocycles. The molecule has 0 aromatic heterocycles. The maximum absolute atomic E-state index is 6.28. The van der Waals surface area contributed by atoms with Crippen LogP contribution in [-0.2, 0) is 6.42 Å². The van der Waals surface area contributed by atoms with Crippen molar-refractivity contribution in [2.24, 2.45) is 0 Å². The molecule has 1 aliphatic rings. The van der Waals surface area contributed by atoms with Gasteiger partial charge in [0.05, 0.1) is 0 Å². The van der Waals surface area contributed by atoms with E-state index in [1.54, 1.807) is 0 Å². The molecule has 3 nitrogen and oxygen atoms in total. The average Bonchev–Trinajstić information content (AvgIpc) is 2.96. The van der Waals surface area contributed by atoms with Gasteiger partial charge in [0.15, 0.2) is 11.5 Å². The average molecular weight is 304 g/mol. The third-order valence-corrected chi connectivity index (χ3v) is 4.00. The molecular weight excluding hydrogens is 286 g/mol. The first-order valence-electron chi connectivity index (χ1n) is 7.14. The van der Waals surface area contributed by atoms with Crippen molar-refractivity contribution < 1.29 is 9.47 Å². The van der Waals surface area contributed by atoms with Crippen LogP contribution in [0.4, 0.5) is 0 Å². The number of nitrogens with one attached hydrogen (secondary N) is 1. The smallest absolute Gasteiger partial charge is 0.231 e. The summed E-state index contributed by atoms with van der Waals surface area (Å²) < 4.78 is 10.8. The number of halogens is 1. The third-order valence-electron chi connectivity index (χ3n) is 3.63. The molecule has 1 atom stereocenters. The minimum Gasteiger partial charge on any atom is -0.454 e. The number of benzene rings is 2. The highest BCUT2D eigenvalue weighted by Crippen LogP contribution is 2.35. The molecule has 4 heteroatoms. The summed E-state index contributed by atoms with van der Waals surface area (Å²) in [5.74, 6) is 1.63. The van der Waals surface area contributed by atoms with Gasteiger partial charge in [-0.3, -0.25) is 0 Å². The van der Waals surface area contributed by atoms with Gasteiger partial charge < -0.3 is 14.8 Å². The van der Waals surface area contributed by atoms with Crippen LogP contribution in [0.5, 0.6) is 11.5 Å². The molecule has 0 fully saturated rings. The van der Waals surface area contributed by atoms with Gasteiger partial charge in [0.2, 0.25) is 6.79 Å². The predicted molar refractivity (Wildman–Crippen MR) is 84.1 cm³/mol. The van der Waals surface area contributed by atoms with Crippen LogP contribution in [0.2, 0.25) is 5.02 Å². The highest BCUT2D eigenvalue weighted by atomic mass is 35.5. The molecule has 0 amide bonds. The van der Waals surface area contributed by atoms with Crippen LogP contribution in [-0.4, -0.2) is 13.3 Å². The summed E-state index contributed by atoms with van der Waals surface area (Å²) in [6.07, 6.45) is 0.840. The lowest BCUT2D eigenvalue weighted by atomic mass is 9.98. The summed E-state index contributed by atoms with van der Waals surface area (Å²) >= 11 is 6.28. The van der Waals surface area contributed by atoms with Gasteiger partial charge in [-0.05, 0) is 42.3 Å². The molecule has 21 heavy (non-hydrogen) atoms. The molecule has 0 saturated heterocycles. The lowest BCUT2D eigenvalue weighted by molar-refractivity contribution is 0.174. The second-order valence-corrected chi connectivity index (χ2v) is 5.43. The molecule has 1 heterocycles. The highest BCUT2D eigenvalue weighted by Gasteiger charge is 2.18. The van der Waals surface area contributed by atoms with Gasteiger partial charge in [0, 0.05) is 11.1 Å². The van der Waals surface area contributed by atoms with Gasteiger partial charge in [-0.15, -0.1) is 0 Å². The van der Waals surface area contributed by atoms with Gasteiger partial charge in [0.25, 0.3) is 0 Å². The van der Waals surface area contributed by atoms with Crippen molar-refractivity contribution in [2.75, 3.05) is 13.3 Å². The lowest BCUT2D eigenvalue weighted by Gasteiger charge is -2.19. The van der Waals surface area contributed by atoms with E-state index in [2.05, 4.69) is 24.4 Å². The van der Waals surface area contributed by atoms with Crippen LogP contribution in [0.1, 0.15) is 24.1 Å². The van der Waals surface area contributed by atoms with E-state index in [9.17, 15) is 0 Å². The summed E-state index contributed by atoms with van der Waals surface area (Å²) in [6, 6.07) is 14.3. The first kappa shape index (κ1) is 14.2. The number of likely N-dealkylation sites (N-methyl/N-ethyl adjacent to an activating group) is 1. The number of hydrogen-bond acceptors (Lipinski definition) is 3. The van der Waals surface area contributed by atoms with Gasteiger partial charge >= 0.3 is 0 Å². The number of hydrogen-bond donors (Lipinski definition) is 1. The fraction of sp³-hybridized carbons (Fsp3) is 0.294. The van der Waals surface area contributed by atoms with Crippen molar-refractivity contribution in [3.05, 3.63) is 58.6 Å². The monoisotopic (exact) mass is 303 g/mol. The van der Waals surface area contributed by atoms with Crippen molar-refractivity contribution in [3.8, 4) is 11.5 Å². The van der Waals surface area contributed by atoms with E-state index in [-0.39, 0.29) is 6.04 Å². The summed E-state index contributed by atoms with van der Waals surface area (Å²) in [4.78, 5) is 0. The van der Waals surface area contributed by atoms with Gasteiger partial charge in [-0.2, -0.15) is 0 Å². The second-order valence-electron chi connectivity index (χ2n) is 5.02. The molecule has 1 aliphatic heterocycles. The Morgan fingerprint density at radius 3 is 2.76 bits per heavy atom. The topological polar surface area (TPSA) is 30.5 Å². The molecular formula is C17H18ClNO2. The molecule has 1 N–H and O–H groups in total.